The maximum atomic E-state index is 13.1. The van der Waals surface area contributed by atoms with Crippen LogP contribution in [0, 0.1) is 0 Å². The first-order chi connectivity index (χ1) is 51.7. The van der Waals surface area contributed by atoms with Gasteiger partial charge in [0.25, 0.3) is 0 Å². The van der Waals surface area contributed by atoms with E-state index >= 15 is 0 Å². The number of carbonyl (C=O) groups is 4. The Labute approximate surface area is 646 Å². The third kappa shape index (κ3) is 78.1. The molecule has 0 bridgehead atoms. The lowest BCUT2D eigenvalue weighted by atomic mass is 10.0. The van der Waals surface area contributed by atoms with Crippen molar-refractivity contribution in [1.82, 2.24) is 0 Å². The molecule has 0 rings (SSSR count). The van der Waals surface area contributed by atoms with E-state index in [1.807, 2.05) is 12.2 Å². The summed E-state index contributed by atoms with van der Waals surface area (Å²) in [6.45, 7) is 4.74. The van der Waals surface area contributed by atoms with Crippen molar-refractivity contribution in [2.45, 2.75) is 393 Å². The standard InChI is InChI=1S/C87H154O17P2/c1-5-9-13-17-21-25-29-33-37-39-40-42-45-48-52-56-60-64-68-72-85(90)98-78-83(104-87(92)74-70-66-62-58-54-50-46-41-38-34-30-26-22-18-14-10-6-2)80-102-106(95,96)100-76-81(88)75-99-105(93,94)101-79-82(103-86(91)73-69-65-61-57-53-49-44-36-32-28-24-20-16-12-8-4)77-97-84(89)71-67-63-59-55-51-47-43-35-31-27-23-19-15-11-7-3/h10,14,21-22,25-26,33-34,37-38,40,42,46,50,58,62,81-83,88H,5-9,11-13,15-20,23-24,27-32,35-36,39,41,43-45,47-49,51-57,59-61,63-80H2,1-4H3,(H,93,94)(H,95,96)/b14-10-,25-21-,26-22-,37-33-,38-34-,42-40-,50-46-,62-58-. The van der Waals surface area contributed by atoms with Gasteiger partial charge in [-0.05, 0) is 103 Å². The SMILES string of the molecule is CC/C=C\C/C=C\C/C=C\C/C=C\C/C=C\CCCC(=O)OC(COC(=O)CCCCCCCC/C=C\C/C=C\C/C=C\CCCCC)COP(=O)(O)OCC(O)COP(=O)(O)OCC(COC(=O)CCCCCCCCCCCCCCCCC)OC(=O)CCCCCCCCCCCCCCCCC. The molecule has 0 aromatic rings. The number of phosphoric ester groups is 2. The fourth-order valence-corrected chi connectivity index (χ4v) is 13.2. The summed E-state index contributed by atoms with van der Waals surface area (Å²) in [5.74, 6) is -2.23. The lowest BCUT2D eigenvalue weighted by Crippen LogP contribution is -2.30. The minimum atomic E-state index is -5.00. The molecule has 0 saturated heterocycles. The van der Waals surface area contributed by atoms with Crippen LogP contribution in [0.1, 0.15) is 374 Å². The van der Waals surface area contributed by atoms with E-state index in [2.05, 4.69) is 113 Å². The highest BCUT2D eigenvalue weighted by Crippen LogP contribution is 2.45. The smallest absolute Gasteiger partial charge is 0.462 e. The van der Waals surface area contributed by atoms with Crippen LogP contribution in [0.3, 0.4) is 0 Å². The second kappa shape index (κ2) is 79.1. The lowest BCUT2D eigenvalue weighted by molar-refractivity contribution is -0.161. The molecule has 0 fully saturated rings. The van der Waals surface area contributed by atoms with E-state index in [9.17, 15) is 43.2 Å². The zero-order chi connectivity index (χ0) is 77.4. The summed E-state index contributed by atoms with van der Waals surface area (Å²) in [6, 6.07) is 0. The number of phosphoric acid groups is 2. The summed E-state index contributed by atoms with van der Waals surface area (Å²) in [5.41, 5.74) is 0. The van der Waals surface area contributed by atoms with E-state index in [-0.39, 0.29) is 25.7 Å². The third-order valence-corrected chi connectivity index (χ3v) is 20.0. The Kier molecular flexibility index (Phi) is 76.1. The molecule has 0 amide bonds. The highest BCUT2D eigenvalue weighted by Gasteiger charge is 2.30. The minimum absolute atomic E-state index is 0.0140. The zero-order valence-electron chi connectivity index (χ0n) is 67.3. The van der Waals surface area contributed by atoms with Gasteiger partial charge in [0, 0.05) is 25.7 Å². The van der Waals surface area contributed by atoms with Crippen LogP contribution in [0.4, 0.5) is 0 Å². The molecule has 0 aliphatic rings. The average Bonchev–Trinajstić information content (AvgIpc) is 0.907. The Bertz CT molecular complexity index is 2380. The molecule has 5 unspecified atom stereocenters. The number of hydrogen-bond donors (Lipinski definition) is 3. The van der Waals surface area contributed by atoms with Gasteiger partial charge in [0.1, 0.15) is 19.3 Å². The molecule has 5 atom stereocenters. The first kappa shape index (κ1) is 102. The first-order valence-corrected chi connectivity index (χ1v) is 45.5. The highest BCUT2D eigenvalue weighted by atomic mass is 31.2. The molecule has 0 aliphatic carbocycles. The second-order valence-electron chi connectivity index (χ2n) is 28.4. The van der Waals surface area contributed by atoms with E-state index in [0.717, 1.165) is 135 Å². The molecule has 3 N–H and O–H groups in total. The van der Waals surface area contributed by atoms with Gasteiger partial charge in [0.05, 0.1) is 26.4 Å². The molecule has 106 heavy (non-hydrogen) atoms. The van der Waals surface area contributed by atoms with Crippen molar-refractivity contribution < 1.29 is 80.2 Å². The third-order valence-electron chi connectivity index (χ3n) is 18.1. The number of aliphatic hydroxyl groups excluding tert-OH is 1. The molecule has 17 nitrogen and oxygen atoms in total. The van der Waals surface area contributed by atoms with E-state index in [1.165, 1.54) is 154 Å². The van der Waals surface area contributed by atoms with Gasteiger partial charge in [-0.2, -0.15) is 0 Å². The number of allylic oxidation sites excluding steroid dienone is 16. The Hall–Kier alpha value is -4.02. The molecule has 0 radical (unpaired) electrons. The van der Waals surface area contributed by atoms with Crippen LogP contribution in [0.25, 0.3) is 0 Å². The summed E-state index contributed by atoms with van der Waals surface area (Å²) in [7, 11) is -9.98. The quantitative estimate of drug-likeness (QED) is 0.0169. The number of ether oxygens (including phenoxy) is 4. The predicted octanol–water partition coefficient (Wildman–Crippen LogP) is 25.1. The molecule has 19 heteroatoms. The van der Waals surface area contributed by atoms with Gasteiger partial charge in [0.15, 0.2) is 12.2 Å². The number of hydrogen-bond acceptors (Lipinski definition) is 15. The van der Waals surface area contributed by atoms with E-state index in [1.54, 1.807) is 0 Å². The van der Waals surface area contributed by atoms with Crippen molar-refractivity contribution in [2.24, 2.45) is 0 Å². The van der Waals surface area contributed by atoms with Gasteiger partial charge in [-0.15, -0.1) is 0 Å². The molecule has 0 aromatic heterocycles. The summed E-state index contributed by atoms with van der Waals surface area (Å²) in [5, 5.41) is 10.7. The number of unbranched alkanes of at least 4 members (excludes halogenated alkanes) is 38. The van der Waals surface area contributed by atoms with Crippen molar-refractivity contribution in [1.29, 1.82) is 0 Å². The maximum Gasteiger partial charge on any atom is 0.472 e. The zero-order valence-corrected chi connectivity index (χ0v) is 69.1. The number of esters is 4. The van der Waals surface area contributed by atoms with E-state index in [0.29, 0.717) is 32.1 Å². The van der Waals surface area contributed by atoms with Crippen molar-refractivity contribution in [2.75, 3.05) is 39.6 Å². The Morgan fingerprint density at radius 1 is 0.274 bits per heavy atom. The molecule has 0 aromatic carbocycles. The van der Waals surface area contributed by atoms with Crippen LogP contribution >= 0.6 is 15.6 Å². The van der Waals surface area contributed by atoms with Crippen LogP contribution < -0.4 is 0 Å². The van der Waals surface area contributed by atoms with E-state index < -0.39 is 97.5 Å². The summed E-state index contributed by atoms with van der Waals surface area (Å²) in [4.78, 5) is 73.2. The van der Waals surface area contributed by atoms with Crippen LogP contribution in [-0.2, 0) is 65.4 Å². The van der Waals surface area contributed by atoms with Gasteiger partial charge in [-0.1, -0.05) is 343 Å². The molecular formula is C87H154O17P2. The summed E-state index contributed by atoms with van der Waals surface area (Å²) < 4.78 is 68.7. The van der Waals surface area contributed by atoms with Crippen LogP contribution in [-0.4, -0.2) is 96.7 Å². The summed E-state index contributed by atoms with van der Waals surface area (Å²) in [6.07, 6.45) is 85.2. The number of rotatable bonds is 80. The fourth-order valence-electron chi connectivity index (χ4n) is 11.6. The monoisotopic (exact) mass is 1530 g/mol. The second-order valence-corrected chi connectivity index (χ2v) is 31.3. The Morgan fingerprint density at radius 2 is 0.500 bits per heavy atom. The molecular weight excluding hydrogens is 1380 g/mol. The Morgan fingerprint density at radius 3 is 0.811 bits per heavy atom. The lowest BCUT2D eigenvalue weighted by Gasteiger charge is -2.21. The van der Waals surface area contributed by atoms with Gasteiger partial charge in [-0.3, -0.25) is 37.3 Å². The van der Waals surface area contributed by atoms with Crippen LogP contribution in [0.5, 0.6) is 0 Å². The van der Waals surface area contributed by atoms with Crippen molar-refractivity contribution in [3.8, 4) is 0 Å². The highest BCUT2D eigenvalue weighted by molar-refractivity contribution is 7.47. The van der Waals surface area contributed by atoms with Crippen LogP contribution in [0.2, 0.25) is 0 Å². The van der Waals surface area contributed by atoms with Crippen molar-refractivity contribution in [3.05, 3.63) is 97.2 Å². The summed E-state index contributed by atoms with van der Waals surface area (Å²) >= 11 is 0. The normalized spacial score (nSPS) is 14.3. The number of aliphatic hydroxyl groups is 1. The number of carbonyl (C=O) groups excluding carboxylic acids is 4. The van der Waals surface area contributed by atoms with Gasteiger partial charge < -0.3 is 33.8 Å². The minimum Gasteiger partial charge on any atom is -0.462 e. The van der Waals surface area contributed by atoms with Crippen molar-refractivity contribution >= 4 is 39.5 Å². The van der Waals surface area contributed by atoms with Crippen LogP contribution in [0.15, 0.2) is 97.2 Å². The van der Waals surface area contributed by atoms with Gasteiger partial charge in [-0.25, -0.2) is 9.13 Å². The predicted molar refractivity (Wildman–Crippen MR) is 436 cm³/mol. The van der Waals surface area contributed by atoms with Crippen molar-refractivity contribution in [3.63, 3.8) is 0 Å². The fraction of sp³-hybridized carbons (Fsp3) is 0.770. The molecule has 614 valence electrons. The molecule has 0 spiro atoms. The average molecular weight is 1530 g/mol. The largest absolute Gasteiger partial charge is 0.472 e. The molecule has 0 heterocycles. The maximum absolute atomic E-state index is 13.1. The van der Waals surface area contributed by atoms with Gasteiger partial charge >= 0.3 is 39.5 Å². The molecule has 0 aliphatic heterocycles. The Balaban J connectivity index is 5.40. The topological polar surface area (TPSA) is 237 Å². The van der Waals surface area contributed by atoms with E-state index in [4.69, 9.17) is 37.0 Å². The molecule has 0 saturated carbocycles. The van der Waals surface area contributed by atoms with Gasteiger partial charge in [0.2, 0.25) is 0 Å². The first-order valence-electron chi connectivity index (χ1n) is 42.5.